The molecule has 1 heteroatoms. The van der Waals surface area contributed by atoms with E-state index in [-0.39, 0.29) is 0 Å². The molecule has 0 fully saturated rings. The van der Waals surface area contributed by atoms with Gasteiger partial charge in [0, 0.05) is 12.0 Å². The van der Waals surface area contributed by atoms with Crippen LogP contribution in [0.1, 0.15) is 49.8 Å². The molecular formula is C22H29S+. The second-order valence-corrected chi connectivity index (χ2v) is 9.75. The smallest absolute Gasteiger partial charge is 0.0558 e. The molecular weight excluding hydrogens is 296 g/mol. The predicted molar refractivity (Wildman–Crippen MR) is 105 cm³/mol. The van der Waals surface area contributed by atoms with Crippen LogP contribution in [0.5, 0.6) is 0 Å². The lowest BCUT2D eigenvalue weighted by molar-refractivity contribution is 0.854. The van der Waals surface area contributed by atoms with Crippen LogP contribution in [0.15, 0.2) is 24.3 Å². The van der Waals surface area contributed by atoms with Crippen LogP contribution in [-0.2, 0) is 30.2 Å². The monoisotopic (exact) mass is 325 g/mol. The Balaban J connectivity index is 2.21. The Labute approximate surface area is 144 Å². The normalized spacial score (nSPS) is 17.4. The van der Waals surface area contributed by atoms with Gasteiger partial charge in [0.15, 0.2) is 0 Å². The van der Waals surface area contributed by atoms with Crippen LogP contribution in [0, 0.1) is 27.7 Å². The Morgan fingerprint density at radius 1 is 0.739 bits per heavy atom. The van der Waals surface area contributed by atoms with Crippen molar-refractivity contribution in [1.29, 1.82) is 0 Å². The van der Waals surface area contributed by atoms with E-state index in [2.05, 4.69) is 64.5 Å². The van der Waals surface area contributed by atoms with Crippen molar-refractivity contribution in [3.8, 4) is 0 Å². The summed E-state index contributed by atoms with van der Waals surface area (Å²) in [6.07, 6.45) is 8.32. The van der Waals surface area contributed by atoms with Crippen molar-refractivity contribution in [1.82, 2.24) is 0 Å². The van der Waals surface area contributed by atoms with Gasteiger partial charge in [0.25, 0.3) is 0 Å². The van der Waals surface area contributed by atoms with Crippen LogP contribution in [0.25, 0.3) is 0 Å². The molecule has 1 aliphatic carbocycles. The summed E-state index contributed by atoms with van der Waals surface area (Å²) >= 11 is 0. The van der Waals surface area contributed by atoms with Crippen molar-refractivity contribution in [3.63, 3.8) is 0 Å². The number of hydrogen-bond donors (Lipinski definition) is 0. The van der Waals surface area contributed by atoms with Gasteiger partial charge in [0.2, 0.25) is 0 Å². The number of rotatable bonds is 1. The van der Waals surface area contributed by atoms with Gasteiger partial charge in [0.05, 0.1) is 12.5 Å². The van der Waals surface area contributed by atoms with Crippen LogP contribution in [0.3, 0.4) is 0 Å². The zero-order chi connectivity index (χ0) is 16.7. The molecule has 23 heavy (non-hydrogen) atoms. The Morgan fingerprint density at radius 2 is 1.26 bits per heavy atom. The van der Waals surface area contributed by atoms with E-state index >= 15 is 0 Å². The molecule has 0 aliphatic heterocycles. The molecule has 0 saturated heterocycles. The van der Waals surface area contributed by atoms with Crippen LogP contribution in [0.2, 0.25) is 0 Å². The summed E-state index contributed by atoms with van der Waals surface area (Å²) in [5.41, 5.74) is 12.2. The second kappa shape index (κ2) is 6.36. The van der Waals surface area contributed by atoms with Crippen molar-refractivity contribution in [3.05, 3.63) is 68.8 Å². The minimum atomic E-state index is 0.371. The highest BCUT2D eigenvalue weighted by Crippen LogP contribution is 2.35. The lowest BCUT2D eigenvalue weighted by Gasteiger charge is -2.24. The van der Waals surface area contributed by atoms with E-state index < -0.39 is 0 Å². The summed E-state index contributed by atoms with van der Waals surface area (Å²) < 4.78 is 0. The molecule has 1 unspecified atom stereocenters. The SMILES string of the molecule is Cc1cc2c(C)c(c1)CC([S+](C)C)c1cc(C)cc(c1C)CC2. The van der Waals surface area contributed by atoms with Gasteiger partial charge in [0.1, 0.15) is 5.25 Å². The fourth-order valence-corrected chi connectivity index (χ4v) is 5.31. The molecule has 0 amide bonds. The number of fused-ring (bicyclic) bond motifs is 4. The van der Waals surface area contributed by atoms with Crippen molar-refractivity contribution < 1.29 is 0 Å². The Bertz CT molecular complexity index is 740. The maximum absolute atomic E-state index is 2.45. The maximum Gasteiger partial charge on any atom is 0.147 e. The Hall–Kier alpha value is -1.21. The molecule has 122 valence electrons. The summed E-state index contributed by atoms with van der Waals surface area (Å²) in [5, 5.41) is 0.639. The molecule has 1 atom stereocenters. The summed E-state index contributed by atoms with van der Waals surface area (Å²) in [5.74, 6) is 0. The molecule has 1 aliphatic rings. The van der Waals surface area contributed by atoms with Gasteiger partial charge in [-0.3, -0.25) is 0 Å². The maximum atomic E-state index is 2.45. The van der Waals surface area contributed by atoms with E-state index in [1.165, 1.54) is 29.5 Å². The van der Waals surface area contributed by atoms with Crippen molar-refractivity contribution in [2.24, 2.45) is 0 Å². The third-order valence-electron chi connectivity index (χ3n) is 5.45. The van der Waals surface area contributed by atoms with Gasteiger partial charge in [-0.15, -0.1) is 0 Å². The molecule has 0 saturated carbocycles. The van der Waals surface area contributed by atoms with Crippen LogP contribution in [-0.4, -0.2) is 12.5 Å². The van der Waals surface area contributed by atoms with Crippen molar-refractivity contribution in [2.45, 2.75) is 52.2 Å². The number of hydrogen-bond acceptors (Lipinski definition) is 0. The molecule has 0 radical (unpaired) electrons. The Morgan fingerprint density at radius 3 is 1.87 bits per heavy atom. The van der Waals surface area contributed by atoms with Crippen molar-refractivity contribution >= 4 is 10.9 Å². The van der Waals surface area contributed by atoms with Gasteiger partial charge in [-0.05, 0) is 79.2 Å². The highest BCUT2D eigenvalue weighted by molar-refractivity contribution is 7.95. The number of benzene rings is 2. The molecule has 0 nitrogen and oxygen atoms in total. The Kier molecular flexibility index (Phi) is 4.60. The average molecular weight is 326 g/mol. The zero-order valence-corrected chi connectivity index (χ0v) is 16.2. The summed E-state index contributed by atoms with van der Waals surface area (Å²) in [6, 6.07) is 9.68. The molecule has 2 aromatic rings. The lowest BCUT2D eigenvalue weighted by atomic mass is 9.86. The van der Waals surface area contributed by atoms with Crippen LogP contribution in [0.4, 0.5) is 0 Å². The van der Waals surface area contributed by atoms with Gasteiger partial charge < -0.3 is 0 Å². The molecule has 2 aromatic carbocycles. The largest absolute Gasteiger partial charge is 0.147 e. The minimum Gasteiger partial charge on any atom is -0.0558 e. The zero-order valence-electron chi connectivity index (χ0n) is 15.4. The fourth-order valence-electron chi connectivity index (χ4n) is 4.04. The summed E-state index contributed by atoms with van der Waals surface area (Å²) in [4.78, 5) is 0. The van der Waals surface area contributed by atoms with Gasteiger partial charge >= 0.3 is 0 Å². The first-order valence-electron chi connectivity index (χ1n) is 8.62. The molecule has 0 aromatic heterocycles. The lowest BCUT2D eigenvalue weighted by Crippen LogP contribution is -2.18. The van der Waals surface area contributed by atoms with Gasteiger partial charge in [-0.1, -0.05) is 35.4 Å². The van der Waals surface area contributed by atoms with E-state index in [0.29, 0.717) is 16.1 Å². The first-order chi connectivity index (χ1) is 10.9. The van der Waals surface area contributed by atoms with Crippen LogP contribution >= 0.6 is 0 Å². The summed E-state index contributed by atoms with van der Waals surface area (Å²) in [7, 11) is 0.371. The third kappa shape index (κ3) is 3.21. The van der Waals surface area contributed by atoms with E-state index in [9.17, 15) is 0 Å². The first kappa shape index (κ1) is 16.6. The molecule has 0 N–H and O–H groups in total. The van der Waals surface area contributed by atoms with Gasteiger partial charge in [-0.25, -0.2) is 0 Å². The predicted octanol–water partition coefficient (Wildman–Crippen LogP) is 5.18. The standard InChI is InChI=1S/C22H29S/c1-14-9-18-7-8-19-10-15(2)12-21(17(19)4)22(23(5)6)13-20(11-14)16(18)3/h9-12,22H,7-8,13H2,1-6H3/q+1. The topological polar surface area (TPSA) is 0 Å². The van der Waals surface area contributed by atoms with Crippen molar-refractivity contribution in [2.75, 3.05) is 12.5 Å². The highest BCUT2D eigenvalue weighted by atomic mass is 32.2. The average Bonchev–Trinajstić information content (AvgIpc) is 2.47. The van der Waals surface area contributed by atoms with Crippen LogP contribution < -0.4 is 0 Å². The molecule has 3 rings (SSSR count). The molecule has 4 bridgehead atoms. The molecule has 0 heterocycles. The van der Waals surface area contributed by atoms with E-state index in [0.717, 1.165) is 6.42 Å². The van der Waals surface area contributed by atoms with E-state index in [1.54, 1.807) is 27.8 Å². The van der Waals surface area contributed by atoms with E-state index in [1.807, 2.05) is 0 Å². The number of aryl methyl sites for hydroxylation is 4. The summed E-state index contributed by atoms with van der Waals surface area (Å²) in [6.45, 7) is 9.18. The first-order valence-corrected chi connectivity index (χ1v) is 10.7. The highest BCUT2D eigenvalue weighted by Gasteiger charge is 2.28. The minimum absolute atomic E-state index is 0.371. The van der Waals surface area contributed by atoms with E-state index in [4.69, 9.17) is 0 Å². The fraction of sp³-hybridized carbons (Fsp3) is 0.455. The second-order valence-electron chi connectivity index (χ2n) is 7.42. The van der Waals surface area contributed by atoms with Gasteiger partial charge in [-0.2, -0.15) is 0 Å². The quantitative estimate of drug-likeness (QED) is 0.634. The molecule has 0 spiro atoms. The third-order valence-corrected chi connectivity index (χ3v) is 7.01.